The highest BCUT2D eigenvalue weighted by molar-refractivity contribution is 6.34. The van der Waals surface area contributed by atoms with Crippen LogP contribution in [0.3, 0.4) is 0 Å². The molecular formula is C27H28ClF3N6O4. The first-order chi connectivity index (χ1) is 19.4. The van der Waals surface area contributed by atoms with Crippen LogP contribution in [0.2, 0.25) is 5.02 Å². The molecule has 0 saturated carbocycles. The van der Waals surface area contributed by atoms with Crippen molar-refractivity contribution in [3.63, 3.8) is 0 Å². The van der Waals surface area contributed by atoms with E-state index in [0.717, 1.165) is 12.1 Å². The summed E-state index contributed by atoms with van der Waals surface area (Å²) in [5, 5.41) is 2.81. The number of benzene rings is 2. The number of halogens is 4. The predicted octanol–water partition coefficient (Wildman–Crippen LogP) is 3.58. The monoisotopic (exact) mass is 592 g/mol. The van der Waals surface area contributed by atoms with Crippen LogP contribution in [0.25, 0.3) is 11.3 Å². The summed E-state index contributed by atoms with van der Waals surface area (Å²) in [4.78, 5) is 47.5. The molecule has 41 heavy (non-hydrogen) atoms. The number of aromatic nitrogens is 2. The first-order valence-electron chi connectivity index (χ1n) is 12.5. The Bertz CT molecular complexity index is 1460. The van der Waals surface area contributed by atoms with Gasteiger partial charge in [-0.15, -0.1) is 0 Å². The summed E-state index contributed by atoms with van der Waals surface area (Å²) in [5.74, 6) is -2.46. The van der Waals surface area contributed by atoms with Gasteiger partial charge in [0, 0.05) is 44.5 Å². The van der Waals surface area contributed by atoms with Crippen molar-refractivity contribution in [3.8, 4) is 17.0 Å². The molecule has 0 aliphatic carbocycles. The highest BCUT2D eigenvalue weighted by Gasteiger charge is 2.26. The number of imidazole rings is 1. The smallest absolute Gasteiger partial charge is 0.387 e. The van der Waals surface area contributed by atoms with E-state index in [1.54, 1.807) is 21.7 Å². The topological polar surface area (TPSA) is 100 Å². The molecule has 0 atom stereocenters. The number of amides is 3. The Morgan fingerprint density at radius 2 is 1.76 bits per heavy atom. The average molecular weight is 593 g/mol. The first kappa shape index (κ1) is 29.9. The third-order valence-corrected chi connectivity index (χ3v) is 6.78. The van der Waals surface area contributed by atoms with E-state index in [1.165, 1.54) is 35.0 Å². The largest absolute Gasteiger partial charge is 0.432 e. The van der Waals surface area contributed by atoms with Gasteiger partial charge in [-0.2, -0.15) is 8.78 Å². The van der Waals surface area contributed by atoms with Crippen molar-refractivity contribution in [3.05, 3.63) is 64.8 Å². The summed E-state index contributed by atoms with van der Waals surface area (Å²) in [6.45, 7) is -1.26. The van der Waals surface area contributed by atoms with Gasteiger partial charge in [0.25, 0.3) is 11.8 Å². The predicted molar refractivity (Wildman–Crippen MR) is 146 cm³/mol. The maximum absolute atomic E-state index is 14.2. The molecule has 218 valence electrons. The SMILES string of the molecule is CN(C)CC(=O)N1CCN(C(=O)c2ccc(NC(=O)c3ncc(-c4ccc(OC(F)F)c(F)c4)n3C)cc2Cl)CC1. The van der Waals surface area contributed by atoms with Gasteiger partial charge >= 0.3 is 6.61 Å². The van der Waals surface area contributed by atoms with E-state index in [0.29, 0.717) is 49.7 Å². The van der Waals surface area contributed by atoms with Crippen molar-refractivity contribution in [2.45, 2.75) is 6.61 Å². The van der Waals surface area contributed by atoms with E-state index in [4.69, 9.17) is 11.6 Å². The summed E-state index contributed by atoms with van der Waals surface area (Å²) >= 11 is 6.40. The molecule has 1 saturated heterocycles. The quantitative estimate of drug-likeness (QED) is 0.429. The van der Waals surface area contributed by atoms with Crippen molar-refractivity contribution in [2.24, 2.45) is 7.05 Å². The van der Waals surface area contributed by atoms with E-state index >= 15 is 0 Å². The van der Waals surface area contributed by atoms with Crippen LogP contribution in [0, 0.1) is 5.82 Å². The Labute approximate surface area is 239 Å². The normalized spacial score (nSPS) is 13.6. The lowest BCUT2D eigenvalue weighted by Crippen LogP contribution is -2.52. The summed E-state index contributed by atoms with van der Waals surface area (Å²) in [5.41, 5.74) is 1.24. The second-order valence-corrected chi connectivity index (χ2v) is 10.0. The van der Waals surface area contributed by atoms with Gasteiger partial charge in [-0.05, 0) is 50.5 Å². The van der Waals surface area contributed by atoms with Gasteiger partial charge in [0.15, 0.2) is 17.4 Å². The van der Waals surface area contributed by atoms with Gasteiger partial charge in [-0.1, -0.05) is 11.6 Å². The van der Waals surface area contributed by atoms with Crippen molar-refractivity contribution in [1.82, 2.24) is 24.3 Å². The van der Waals surface area contributed by atoms with Crippen molar-refractivity contribution >= 4 is 35.0 Å². The number of nitrogens with one attached hydrogen (secondary N) is 1. The molecule has 10 nitrogen and oxygen atoms in total. The van der Waals surface area contributed by atoms with E-state index in [1.807, 2.05) is 14.1 Å². The van der Waals surface area contributed by atoms with Gasteiger partial charge in [0.2, 0.25) is 5.91 Å². The van der Waals surface area contributed by atoms with E-state index < -0.39 is 24.1 Å². The molecule has 3 aromatic rings. The van der Waals surface area contributed by atoms with E-state index in [2.05, 4.69) is 15.0 Å². The molecule has 3 amide bonds. The molecular weight excluding hydrogens is 565 g/mol. The maximum Gasteiger partial charge on any atom is 0.387 e. The van der Waals surface area contributed by atoms with Crippen LogP contribution in [0.5, 0.6) is 5.75 Å². The molecule has 1 aliphatic rings. The van der Waals surface area contributed by atoms with Crippen molar-refractivity contribution in [1.29, 1.82) is 0 Å². The second-order valence-electron chi connectivity index (χ2n) is 9.61. The van der Waals surface area contributed by atoms with Gasteiger partial charge < -0.3 is 29.3 Å². The zero-order valence-electron chi connectivity index (χ0n) is 22.5. The van der Waals surface area contributed by atoms with Crippen LogP contribution < -0.4 is 10.1 Å². The highest BCUT2D eigenvalue weighted by Crippen LogP contribution is 2.28. The molecule has 0 spiro atoms. The summed E-state index contributed by atoms with van der Waals surface area (Å²) < 4.78 is 44.6. The van der Waals surface area contributed by atoms with Gasteiger partial charge in [0.1, 0.15) is 0 Å². The first-order valence-corrected chi connectivity index (χ1v) is 12.9. The summed E-state index contributed by atoms with van der Waals surface area (Å²) in [6, 6.07) is 7.95. The maximum atomic E-state index is 14.2. The molecule has 2 heterocycles. The van der Waals surface area contributed by atoms with Crippen LogP contribution in [0.15, 0.2) is 42.6 Å². The average Bonchev–Trinajstić information content (AvgIpc) is 3.30. The Morgan fingerprint density at radius 1 is 1.07 bits per heavy atom. The van der Waals surface area contributed by atoms with Gasteiger partial charge in [-0.3, -0.25) is 14.4 Å². The summed E-state index contributed by atoms with van der Waals surface area (Å²) in [6.07, 6.45) is 1.35. The summed E-state index contributed by atoms with van der Waals surface area (Å²) in [7, 11) is 5.18. The number of alkyl halides is 2. The number of nitrogens with zero attached hydrogens (tertiary/aromatic N) is 5. The zero-order valence-corrected chi connectivity index (χ0v) is 23.3. The Balaban J connectivity index is 1.40. The molecule has 1 N–H and O–H groups in total. The fourth-order valence-electron chi connectivity index (χ4n) is 4.39. The fraction of sp³-hybridized carbons (Fsp3) is 0.333. The molecule has 0 radical (unpaired) electrons. The number of carbonyl (C=O) groups excluding carboxylic acids is 3. The van der Waals surface area contributed by atoms with Crippen LogP contribution >= 0.6 is 11.6 Å². The third kappa shape index (κ3) is 6.98. The van der Waals surface area contributed by atoms with Crippen LogP contribution in [-0.2, 0) is 11.8 Å². The molecule has 0 unspecified atom stereocenters. The van der Waals surface area contributed by atoms with Gasteiger partial charge in [0.05, 0.1) is 29.0 Å². The molecule has 14 heteroatoms. The molecule has 1 aliphatic heterocycles. The molecule has 4 rings (SSSR count). The number of rotatable bonds is 8. The molecule has 1 fully saturated rings. The number of carbonyl (C=O) groups is 3. The number of piperazine rings is 1. The number of ether oxygens (including phenoxy) is 1. The number of hydrogen-bond donors (Lipinski definition) is 1. The second kappa shape index (κ2) is 12.6. The van der Waals surface area contributed by atoms with Crippen LogP contribution in [-0.4, -0.2) is 95.4 Å². The molecule has 2 aromatic carbocycles. The zero-order chi connectivity index (χ0) is 29.8. The lowest BCUT2D eigenvalue weighted by molar-refractivity contribution is -0.133. The minimum absolute atomic E-state index is 0.00425. The molecule has 0 bridgehead atoms. The third-order valence-electron chi connectivity index (χ3n) is 6.46. The lowest BCUT2D eigenvalue weighted by Gasteiger charge is -2.35. The lowest BCUT2D eigenvalue weighted by atomic mass is 10.1. The highest BCUT2D eigenvalue weighted by atomic mass is 35.5. The minimum atomic E-state index is -3.16. The van der Waals surface area contributed by atoms with E-state index in [9.17, 15) is 27.6 Å². The number of anilines is 1. The standard InChI is InChI=1S/C27H28ClF3N6O4/c1-34(2)15-23(38)36-8-10-37(11-9-36)26(40)18-6-5-17(13-19(18)28)33-25(39)24-32-14-21(35(24)3)16-4-7-22(20(29)12-16)41-27(30)31/h4-7,12-14,27H,8-11,15H2,1-3H3,(H,33,39). The van der Waals surface area contributed by atoms with Crippen molar-refractivity contribution in [2.75, 3.05) is 52.1 Å². The minimum Gasteiger partial charge on any atom is -0.432 e. The van der Waals surface area contributed by atoms with Gasteiger partial charge in [-0.25, -0.2) is 9.37 Å². The Kier molecular flexibility index (Phi) is 9.18. The Hall–Kier alpha value is -4.10. The van der Waals surface area contributed by atoms with Crippen LogP contribution in [0.1, 0.15) is 21.0 Å². The van der Waals surface area contributed by atoms with Crippen molar-refractivity contribution < 1.29 is 32.3 Å². The fourth-order valence-corrected chi connectivity index (χ4v) is 4.65. The van der Waals surface area contributed by atoms with Crippen LogP contribution in [0.4, 0.5) is 18.9 Å². The molecule has 1 aromatic heterocycles. The number of likely N-dealkylation sites (N-methyl/N-ethyl adjacent to an activating group) is 1. The Morgan fingerprint density at radius 3 is 2.37 bits per heavy atom. The number of hydrogen-bond acceptors (Lipinski definition) is 6. The van der Waals surface area contributed by atoms with E-state index in [-0.39, 0.29) is 28.2 Å².